The molecule has 0 aliphatic heterocycles. The predicted molar refractivity (Wildman–Crippen MR) is 69.6 cm³/mol. The number of nitrogens with zero attached hydrogens (tertiary/aromatic N) is 2. The number of rotatable bonds is 4. The van der Waals surface area contributed by atoms with Crippen LogP contribution in [0.3, 0.4) is 0 Å². The van der Waals surface area contributed by atoms with Crippen molar-refractivity contribution in [3.05, 3.63) is 52.9 Å². The second-order valence-electron chi connectivity index (χ2n) is 4.72. The standard InChI is InChI=1S/C14H17F2N3/c1-9(11-4-13(15)6-14(16)5-11)17-7-12-8-19(3)18-10(12)2/h4-6,8-9,17H,7H2,1-3H3. The summed E-state index contributed by atoms with van der Waals surface area (Å²) >= 11 is 0. The SMILES string of the molecule is Cc1nn(C)cc1CNC(C)c1cc(F)cc(F)c1. The monoisotopic (exact) mass is 265 g/mol. The van der Waals surface area contributed by atoms with E-state index in [1.807, 2.05) is 27.1 Å². The van der Waals surface area contributed by atoms with Crippen molar-refractivity contribution in [2.45, 2.75) is 26.4 Å². The van der Waals surface area contributed by atoms with E-state index in [-0.39, 0.29) is 6.04 Å². The van der Waals surface area contributed by atoms with Crippen molar-refractivity contribution in [3.8, 4) is 0 Å². The van der Waals surface area contributed by atoms with Crippen molar-refractivity contribution in [2.24, 2.45) is 7.05 Å². The van der Waals surface area contributed by atoms with E-state index >= 15 is 0 Å². The Morgan fingerprint density at radius 3 is 2.42 bits per heavy atom. The van der Waals surface area contributed by atoms with Crippen LogP contribution in [0.2, 0.25) is 0 Å². The van der Waals surface area contributed by atoms with E-state index < -0.39 is 11.6 Å². The van der Waals surface area contributed by atoms with Crippen LogP contribution in [-0.4, -0.2) is 9.78 Å². The van der Waals surface area contributed by atoms with Crippen molar-refractivity contribution in [1.29, 1.82) is 0 Å². The molecule has 1 unspecified atom stereocenters. The van der Waals surface area contributed by atoms with Crippen LogP contribution in [0.5, 0.6) is 0 Å². The number of halogens is 2. The summed E-state index contributed by atoms with van der Waals surface area (Å²) in [5.74, 6) is -1.11. The lowest BCUT2D eigenvalue weighted by Gasteiger charge is -2.14. The molecule has 2 aromatic rings. The second kappa shape index (κ2) is 5.48. The number of benzene rings is 1. The van der Waals surface area contributed by atoms with Crippen LogP contribution in [0.15, 0.2) is 24.4 Å². The highest BCUT2D eigenvalue weighted by Gasteiger charge is 2.10. The van der Waals surface area contributed by atoms with Crippen molar-refractivity contribution < 1.29 is 8.78 Å². The van der Waals surface area contributed by atoms with Gasteiger partial charge in [0.05, 0.1) is 5.69 Å². The number of aromatic nitrogens is 2. The number of hydrogen-bond donors (Lipinski definition) is 1. The normalized spacial score (nSPS) is 12.7. The Balaban J connectivity index is 2.05. The molecule has 0 fully saturated rings. The van der Waals surface area contributed by atoms with Gasteiger partial charge in [0.25, 0.3) is 0 Å². The summed E-state index contributed by atoms with van der Waals surface area (Å²) in [5.41, 5.74) is 2.62. The van der Waals surface area contributed by atoms with Gasteiger partial charge in [0.15, 0.2) is 0 Å². The van der Waals surface area contributed by atoms with Gasteiger partial charge in [-0.25, -0.2) is 8.78 Å². The average Bonchev–Trinajstić information content (AvgIpc) is 2.63. The molecule has 2 rings (SSSR count). The van der Waals surface area contributed by atoms with E-state index in [1.54, 1.807) is 4.68 Å². The largest absolute Gasteiger partial charge is 0.306 e. The first kappa shape index (κ1) is 13.7. The van der Waals surface area contributed by atoms with Crippen LogP contribution < -0.4 is 5.32 Å². The highest BCUT2D eigenvalue weighted by Crippen LogP contribution is 2.17. The maximum absolute atomic E-state index is 13.1. The fourth-order valence-electron chi connectivity index (χ4n) is 2.03. The van der Waals surface area contributed by atoms with E-state index in [9.17, 15) is 8.78 Å². The minimum Gasteiger partial charge on any atom is -0.306 e. The lowest BCUT2D eigenvalue weighted by atomic mass is 10.1. The molecule has 0 spiro atoms. The average molecular weight is 265 g/mol. The first-order valence-electron chi connectivity index (χ1n) is 6.14. The Bertz CT molecular complexity index is 558. The Kier molecular flexibility index (Phi) is 3.95. The second-order valence-corrected chi connectivity index (χ2v) is 4.72. The van der Waals surface area contributed by atoms with Gasteiger partial charge in [-0.15, -0.1) is 0 Å². The topological polar surface area (TPSA) is 29.9 Å². The number of aryl methyl sites for hydroxylation is 2. The first-order chi connectivity index (χ1) is 8.95. The van der Waals surface area contributed by atoms with Gasteiger partial charge in [-0.3, -0.25) is 4.68 Å². The number of nitrogens with one attached hydrogen (secondary N) is 1. The minimum atomic E-state index is -0.554. The lowest BCUT2D eigenvalue weighted by Crippen LogP contribution is -2.18. The van der Waals surface area contributed by atoms with Gasteiger partial charge in [-0.2, -0.15) is 5.10 Å². The van der Waals surface area contributed by atoms with Gasteiger partial charge < -0.3 is 5.32 Å². The lowest BCUT2D eigenvalue weighted by molar-refractivity contribution is 0.545. The molecule has 0 bridgehead atoms. The molecule has 102 valence electrons. The quantitative estimate of drug-likeness (QED) is 0.921. The zero-order valence-electron chi connectivity index (χ0n) is 11.2. The van der Waals surface area contributed by atoms with Gasteiger partial charge >= 0.3 is 0 Å². The summed E-state index contributed by atoms with van der Waals surface area (Å²) in [7, 11) is 1.86. The molecule has 5 heteroatoms. The molecule has 1 heterocycles. The van der Waals surface area contributed by atoms with E-state index in [2.05, 4.69) is 10.4 Å². The van der Waals surface area contributed by atoms with E-state index in [0.717, 1.165) is 17.3 Å². The van der Waals surface area contributed by atoms with E-state index in [1.165, 1.54) is 12.1 Å². The van der Waals surface area contributed by atoms with Crippen LogP contribution in [0.4, 0.5) is 8.78 Å². The molecule has 0 saturated carbocycles. The summed E-state index contributed by atoms with van der Waals surface area (Å²) in [6, 6.07) is 3.43. The minimum absolute atomic E-state index is 0.134. The molecule has 0 aliphatic rings. The molecule has 0 aliphatic carbocycles. The molecule has 1 N–H and O–H groups in total. The Labute approximate surface area is 111 Å². The highest BCUT2D eigenvalue weighted by molar-refractivity contribution is 5.21. The zero-order chi connectivity index (χ0) is 14.0. The summed E-state index contributed by atoms with van der Waals surface area (Å²) in [6.07, 6.45) is 1.93. The van der Waals surface area contributed by atoms with Crippen molar-refractivity contribution >= 4 is 0 Å². The number of hydrogen-bond acceptors (Lipinski definition) is 2. The van der Waals surface area contributed by atoms with Crippen molar-refractivity contribution in [3.63, 3.8) is 0 Å². The fourth-order valence-corrected chi connectivity index (χ4v) is 2.03. The molecule has 1 aromatic heterocycles. The molecule has 0 saturated heterocycles. The van der Waals surface area contributed by atoms with Crippen molar-refractivity contribution in [1.82, 2.24) is 15.1 Å². The van der Waals surface area contributed by atoms with E-state index in [4.69, 9.17) is 0 Å². The zero-order valence-corrected chi connectivity index (χ0v) is 11.2. The maximum atomic E-state index is 13.1. The van der Waals surface area contributed by atoms with Crippen LogP contribution in [-0.2, 0) is 13.6 Å². The molecule has 1 aromatic carbocycles. The van der Waals surface area contributed by atoms with Crippen LogP contribution in [0.25, 0.3) is 0 Å². The van der Waals surface area contributed by atoms with Crippen LogP contribution in [0, 0.1) is 18.6 Å². The van der Waals surface area contributed by atoms with Crippen LogP contribution >= 0.6 is 0 Å². The Morgan fingerprint density at radius 1 is 1.26 bits per heavy atom. The maximum Gasteiger partial charge on any atom is 0.126 e. The third kappa shape index (κ3) is 3.38. The molecule has 19 heavy (non-hydrogen) atoms. The Hall–Kier alpha value is -1.75. The van der Waals surface area contributed by atoms with Gasteiger partial charge in [0, 0.05) is 37.5 Å². The molecule has 1 atom stereocenters. The molecular weight excluding hydrogens is 248 g/mol. The predicted octanol–water partition coefficient (Wildman–Crippen LogP) is 2.86. The summed E-state index contributed by atoms with van der Waals surface area (Å²) in [5, 5.41) is 7.48. The molecule has 0 amide bonds. The Morgan fingerprint density at radius 2 is 1.89 bits per heavy atom. The summed E-state index contributed by atoms with van der Waals surface area (Å²) < 4.78 is 28.0. The van der Waals surface area contributed by atoms with Gasteiger partial charge in [0.2, 0.25) is 0 Å². The van der Waals surface area contributed by atoms with Gasteiger partial charge in [0.1, 0.15) is 11.6 Å². The highest BCUT2D eigenvalue weighted by atomic mass is 19.1. The molecule has 3 nitrogen and oxygen atoms in total. The van der Waals surface area contributed by atoms with E-state index in [0.29, 0.717) is 12.1 Å². The van der Waals surface area contributed by atoms with Crippen molar-refractivity contribution in [2.75, 3.05) is 0 Å². The smallest absolute Gasteiger partial charge is 0.126 e. The third-order valence-electron chi connectivity index (χ3n) is 3.10. The molecular formula is C14H17F2N3. The summed E-state index contributed by atoms with van der Waals surface area (Å²) in [6.45, 7) is 4.42. The van der Waals surface area contributed by atoms with Crippen LogP contribution in [0.1, 0.15) is 29.8 Å². The first-order valence-corrected chi connectivity index (χ1v) is 6.14. The molecule has 0 radical (unpaired) electrons. The summed E-state index contributed by atoms with van der Waals surface area (Å²) in [4.78, 5) is 0. The van der Waals surface area contributed by atoms with Gasteiger partial charge in [-0.05, 0) is 31.5 Å². The fraction of sp³-hybridized carbons (Fsp3) is 0.357. The third-order valence-corrected chi connectivity index (χ3v) is 3.10. The van der Waals surface area contributed by atoms with Gasteiger partial charge in [-0.1, -0.05) is 0 Å².